The number of nitrogens with zero attached hydrogens (tertiary/aromatic N) is 1. The molecule has 0 atom stereocenters. The van der Waals surface area contributed by atoms with E-state index in [1.807, 2.05) is 6.92 Å². The Bertz CT molecular complexity index is 310. The van der Waals surface area contributed by atoms with E-state index in [9.17, 15) is 4.79 Å². The van der Waals surface area contributed by atoms with Crippen LogP contribution in [-0.4, -0.2) is 16.1 Å². The molecule has 0 saturated heterocycles. The first-order valence-corrected chi connectivity index (χ1v) is 3.63. The Labute approximate surface area is 70.0 Å². The van der Waals surface area contributed by atoms with Crippen molar-refractivity contribution in [2.24, 2.45) is 0 Å². The second kappa shape index (κ2) is 3.21. The maximum Gasteiger partial charge on any atom is 0.336 e. The topological polar surface area (TPSA) is 76.2 Å². The largest absolute Gasteiger partial charge is 0.478 e. The predicted octanol–water partition coefficient (Wildman–Crippen LogP) is 0.924. The van der Waals surface area contributed by atoms with Crippen LogP contribution in [0.5, 0.6) is 0 Å². The van der Waals surface area contributed by atoms with Crippen LogP contribution < -0.4 is 5.73 Å². The molecule has 64 valence electrons. The Hall–Kier alpha value is -1.58. The Kier molecular flexibility index (Phi) is 2.28. The van der Waals surface area contributed by atoms with Crippen molar-refractivity contribution in [1.29, 1.82) is 0 Å². The summed E-state index contributed by atoms with van der Waals surface area (Å²) in [5.41, 5.74) is 6.34. The molecule has 1 heterocycles. The Morgan fingerprint density at radius 2 is 2.42 bits per heavy atom. The molecule has 0 aromatic carbocycles. The molecule has 4 heteroatoms. The van der Waals surface area contributed by atoms with Crippen molar-refractivity contribution in [3.63, 3.8) is 0 Å². The molecule has 4 nitrogen and oxygen atoms in total. The van der Waals surface area contributed by atoms with Crippen molar-refractivity contribution in [3.8, 4) is 0 Å². The Morgan fingerprint density at radius 3 is 2.83 bits per heavy atom. The number of aromatic nitrogens is 1. The van der Waals surface area contributed by atoms with E-state index in [-0.39, 0.29) is 5.56 Å². The molecule has 0 radical (unpaired) electrons. The average Bonchev–Trinajstić information content (AvgIpc) is 2.03. The van der Waals surface area contributed by atoms with Gasteiger partial charge in [0, 0.05) is 11.8 Å². The van der Waals surface area contributed by atoms with Crippen LogP contribution in [0.25, 0.3) is 0 Å². The summed E-state index contributed by atoms with van der Waals surface area (Å²) in [6, 6.07) is 1.46. The fourth-order valence-corrected chi connectivity index (χ4v) is 1.08. The van der Waals surface area contributed by atoms with E-state index in [2.05, 4.69) is 4.98 Å². The second-order valence-electron chi connectivity index (χ2n) is 2.38. The first-order chi connectivity index (χ1) is 5.66. The van der Waals surface area contributed by atoms with Crippen LogP contribution in [0.1, 0.15) is 22.8 Å². The summed E-state index contributed by atoms with van der Waals surface area (Å²) in [7, 11) is 0. The summed E-state index contributed by atoms with van der Waals surface area (Å²) < 4.78 is 0. The molecule has 1 rings (SSSR count). The van der Waals surface area contributed by atoms with Crippen LogP contribution in [0.4, 0.5) is 5.82 Å². The molecule has 0 aliphatic carbocycles. The van der Waals surface area contributed by atoms with Gasteiger partial charge in [0.25, 0.3) is 0 Å². The Morgan fingerprint density at radius 1 is 1.75 bits per heavy atom. The number of carbonyl (C=O) groups is 1. The number of nitrogens with two attached hydrogens (primary N) is 1. The highest BCUT2D eigenvalue weighted by Crippen LogP contribution is 2.14. The van der Waals surface area contributed by atoms with Crippen molar-refractivity contribution < 1.29 is 9.90 Å². The smallest absolute Gasteiger partial charge is 0.336 e. The molecular weight excluding hydrogens is 156 g/mol. The molecule has 0 bridgehead atoms. The minimum atomic E-state index is -0.957. The van der Waals surface area contributed by atoms with Crippen LogP contribution in [0.3, 0.4) is 0 Å². The number of carboxylic acids is 1. The number of nitrogen functional groups attached to an aromatic ring is 1. The lowest BCUT2D eigenvalue weighted by molar-refractivity contribution is 0.0695. The lowest BCUT2D eigenvalue weighted by Gasteiger charge is -2.04. The zero-order chi connectivity index (χ0) is 9.14. The summed E-state index contributed by atoms with van der Waals surface area (Å²) in [6.07, 6.45) is 1.99. The third-order valence-electron chi connectivity index (χ3n) is 1.67. The monoisotopic (exact) mass is 166 g/mol. The zero-order valence-corrected chi connectivity index (χ0v) is 6.74. The van der Waals surface area contributed by atoms with E-state index in [1.165, 1.54) is 12.3 Å². The second-order valence-corrected chi connectivity index (χ2v) is 2.38. The fraction of sp³-hybridized carbons (Fsp3) is 0.250. The third-order valence-corrected chi connectivity index (χ3v) is 1.67. The summed E-state index contributed by atoms with van der Waals surface area (Å²) in [5.74, 6) is -0.654. The molecule has 0 unspecified atom stereocenters. The summed E-state index contributed by atoms with van der Waals surface area (Å²) in [6.45, 7) is 1.85. The first-order valence-electron chi connectivity index (χ1n) is 3.63. The quantitative estimate of drug-likeness (QED) is 0.685. The van der Waals surface area contributed by atoms with Gasteiger partial charge in [-0.3, -0.25) is 0 Å². The average molecular weight is 166 g/mol. The van der Waals surface area contributed by atoms with E-state index in [0.29, 0.717) is 17.8 Å². The van der Waals surface area contributed by atoms with Crippen LogP contribution in [0, 0.1) is 0 Å². The van der Waals surface area contributed by atoms with E-state index >= 15 is 0 Å². The van der Waals surface area contributed by atoms with Crippen molar-refractivity contribution in [1.82, 2.24) is 4.98 Å². The maximum atomic E-state index is 10.6. The highest BCUT2D eigenvalue weighted by atomic mass is 16.4. The maximum absolute atomic E-state index is 10.6. The van der Waals surface area contributed by atoms with Gasteiger partial charge in [-0.1, -0.05) is 6.92 Å². The fourth-order valence-electron chi connectivity index (χ4n) is 1.08. The number of anilines is 1. The molecule has 0 amide bonds. The molecule has 1 aromatic rings. The summed E-state index contributed by atoms with van der Waals surface area (Å²) in [5, 5.41) is 8.74. The number of hydrogen-bond donors (Lipinski definition) is 2. The van der Waals surface area contributed by atoms with Crippen LogP contribution in [0.2, 0.25) is 0 Å². The molecule has 0 spiro atoms. The van der Waals surface area contributed by atoms with Gasteiger partial charge in [-0.15, -0.1) is 0 Å². The van der Waals surface area contributed by atoms with Crippen LogP contribution in [-0.2, 0) is 6.42 Å². The molecule has 0 aliphatic rings. The molecular formula is C8H10N2O2. The highest BCUT2D eigenvalue weighted by Gasteiger charge is 2.10. The van der Waals surface area contributed by atoms with Gasteiger partial charge in [0.2, 0.25) is 0 Å². The SMILES string of the molecule is CCc1c(C(=O)O)ccnc1N. The molecule has 3 N–H and O–H groups in total. The van der Waals surface area contributed by atoms with Gasteiger partial charge < -0.3 is 10.8 Å². The van der Waals surface area contributed by atoms with Crippen LogP contribution >= 0.6 is 0 Å². The number of aromatic carboxylic acids is 1. The van der Waals surface area contributed by atoms with Crippen molar-refractivity contribution in [3.05, 3.63) is 23.4 Å². The lowest BCUT2D eigenvalue weighted by Crippen LogP contribution is -2.06. The van der Waals surface area contributed by atoms with Crippen LogP contribution in [0.15, 0.2) is 12.3 Å². The van der Waals surface area contributed by atoms with Gasteiger partial charge in [0.05, 0.1) is 5.56 Å². The molecule has 0 aliphatic heterocycles. The zero-order valence-electron chi connectivity index (χ0n) is 6.74. The lowest BCUT2D eigenvalue weighted by atomic mass is 10.1. The standard InChI is InChI=1S/C8H10N2O2/c1-2-5-6(8(11)12)3-4-10-7(5)9/h3-4H,2H2,1H3,(H2,9,10)(H,11,12). The number of carboxylic acid groups (broad SMARTS) is 1. The number of pyridine rings is 1. The normalized spacial score (nSPS) is 9.75. The van der Waals surface area contributed by atoms with Gasteiger partial charge in [-0.25, -0.2) is 9.78 Å². The van der Waals surface area contributed by atoms with E-state index < -0.39 is 5.97 Å². The van der Waals surface area contributed by atoms with Gasteiger partial charge in [-0.05, 0) is 12.5 Å². The van der Waals surface area contributed by atoms with Gasteiger partial charge in [-0.2, -0.15) is 0 Å². The van der Waals surface area contributed by atoms with Gasteiger partial charge in [0.15, 0.2) is 0 Å². The van der Waals surface area contributed by atoms with E-state index in [0.717, 1.165) is 0 Å². The summed E-state index contributed by atoms with van der Waals surface area (Å²) in [4.78, 5) is 14.5. The van der Waals surface area contributed by atoms with Gasteiger partial charge >= 0.3 is 5.97 Å². The predicted molar refractivity (Wildman–Crippen MR) is 45.0 cm³/mol. The minimum absolute atomic E-state index is 0.241. The molecule has 0 fully saturated rings. The molecule has 1 aromatic heterocycles. The van der Waals surface area contributed by atoms with Crippen molar-refractivity contribution >= 4 is 11.8 Å². The van der Waals surface area contributed by atoms with Crippen molar-refractivity contribution in [2.45, 2.75) is 13.3 Å². The Balaban J connectivity index is 3.27. The van der Waals surface area contributed by atoms with E-state index in [4.69, 9.17) is 10.8 Å². The highest BCUT2D eigenvalue weighted by molar-refractivity contribution is 5.90. The van der Waals surface area contributed by atoms with Crippen molar-refractivity contribution in [2.75, 3.05) is 5.73 Å². The molecule has 12 heavy (non-hydrogen) atoms. The minimum Gasteiger partial charge on any atom is -0.478 e. The van der Waals surface area contributed by atoms with E-state index in [1.54, 1.807) is 0 Å². The van der Waals surface area contributed by atoms with Gasteiger partial charge in [0.1, 0.15) is 5.82 Å². The number of hydrogen-bond acceptors (Lipinski definition) is 3. The molecule has 0 saturated carbocycles. The summed E-state index contributed by atoms with van der Waals surface area (Å²) >= 11 is 0. The first kappa shape index (κ1) is 8.52. The number of rotatable bonds is 2. The third kappa shape index (κ3) is 1.37.